The number of benzene rings is 2. The van der Waals surface area contributed by atoms with E-state index in [0.717, 1.165) is 0 Å². The van der Waals surface area contributed by atoms with E-state index in [2.05, 4.69) is 0 Å². The number of thioether (sulfide) groups is 1. The molecule has 2 aromatic rings. The van der Waals surface area contributed by atoms with E-state index in [1.54, 1.807) is 24.3 Å². The fourth-order valence-electron chi connectivity index (χ4n) is 1.55. The van der Waals surface area contributed by atoms with Crippen LogP contribution in [0, 0.1) is 0 Å². The topological polar surface area (TPSA) is 18.5 Å². The van der Waals surface area contributed by atoms with Gasteiger partial charge in [-0.25, -0.2) is 0 Å². The highest BCUT2D eigenvalue weighted by Crippen LogP contribution is 2.30. The van der Waals surface area contributed by atoms with E-state index in [1.807, 2.05) is 30.3 Å². The molecule has 0 radical (unpaired) electrons. The summed E-state index contributed by atoms with van der Waals surface area (Å²) in [7, 11) is 0. The van der Waals surface area contributed by atoms with Crippen LogP contribution in [0.2, 0.25) is 0 Å². The van der Waals surface area contributed by atoms with Gasteiger partial charge in [0.1, 0.15) is 17.2 Å². The lowest BCUT2D eigenvalue weighted by molar-refractivity contribution is -0.0329. The van der Waals surface area contributed by atoms with Crippen LogP contribution >= 0.6 is 11.8 Å². The Labute approximate surface area is 124 Å². The zero-order chi connectivity index (χ0) is 15.1. The number of para-hydroxylation sites is 1. The summed E-state index contributed by atoms with van der Waals surface area (Å²) in [5.74, 6) is 1.73. The standard InChI is InChI=1S/C15H13F3O2S/c16-15(17,18)21-11-10-19-12-6-8-14(9-7-12)20-13-4-2-1-3-5-13/h1-9H,10-11H2. The maximum Gasteiger partial charge on any atom is 0.441 e. The molecular weight excluding hydrogens is 301 g/mol. The largest absolute Gasteiger partial charge is 0.493 e. The Hall–Kier alpha value is -1.82. The summed E-state index contributed by atoms with van der Waals surface area (Å²) < 4.78 is 46.6. The molecule has 0 saturated heterocycles. The monoisotopic (exact) mass is 314 g/mol. The Morgan fingerprint density at radius 1 is 0.810 bits per heavy atom. The molecule has 0 saturated carbocycles. The maximum atomic E-state index is 11.9. The third-order valence-electron chi connectivity index (χ3n) is 2.42. The summed E-state index contributed by atoms with van der Waals surface area (Å²) in [4.78, 5) is 0. The van der Waals surface area contributed by atoms with Gasteiger partial charge in [0.25, 0.3) is 0 Å². The number of halogens is 3. The number of hydrogen-bond donors (Lipinski definition) is 0. The molecule has 0 aromatic heterocycles. The summed E-state index contributed by atoms with van der Waals surface area (Å²) in [6.45, 7) is 0.00304. The van der Waals surface area contributed by atoms with E-state index >= 15 is 0 Å². The first-order chi connectivity index (χ1) is 10.0. The molecule has 112 valence electrons. The molecule has 2 aromatic carbocycles. The molecule has 2 nitrogen and oxygen atoms in total. The van der Waals surface area contributed by atoms with Crippen LogP contribution in [0.25, 0.3) is 0 Å². The van der Waals surface area contributed by atoms with Gasteiger partial charge in [-0.3, -0.25) is 0 Å². The van der Waals surface area contributed by atoms with Crippen molar-refractivity contribution in [3.8, 4) is 17.2 Å². The van der Waals surface area contributed by atoms with E-state index in [-0.39, 0.29) is 24.1 Å². The van der Waals surface area contributed by atoms with E-state index in [1.165, 1.54) is 0 Å². The molecule has 6 heteroatoms. The van der Waals surface area contributed by atoms with Crippen LogP contribution in [0.4, 0.5) is 13.2 Å². The Morgan fingerprint density at radius 3 is 2.00 bits per heavy atom. The highest BCUT2D eigenvalue weighted by atomic mass is 32.2. The smallest absolute Gasteiger partial charge is 0.441 e. The van der Waals surface area contributed by atoms with Gasteiger partial charge in [-0.1, -0.05) is 18.2 Å². The first-order valence-corrected chi connectivity index (χ1v) is 7.18. The Balaban J connectivity index is 1.79. The predicted octanol–water partition coefficient (Wildman–Crippen LogP) is 5.11. The number of rotatable bonds is 6. The molecule has 21 heavy (non-hydrogen) atoms. The molecule has 0 spiro atoms. The summed E-state index contributed by atoms with van der Waals surface area (Å²) in [6.07, 6.45) is 0. The molecule has 0 fully saturated rings. The van der Waals surface area contributed by atoms with Crippen molar-refractivity contribution in [3.05, 3.63) is 54.6 Å². The van der Waals surface area contributed by atoms with Gasteiger partial charge in [0.15, 0.2) is 0 Å². The van der Waals surface area contributed by atoms with Gasteiger partial charge in [0, 0.05) is 5.75 Å². The third kappa shape index (κ3) is 5.99. The minimum Gasteiger partial charge on any atom is -0.493 e. The molecule has 0 heterocycles. The molecular formula is C15H13F3O2S. The lowest BCUT2D eigenvalue weighted by Gasteiger charge is -2.09. The van der Waals surface area contributed by atoms with Gasteiger partial charge in [0.05, 0.1) is 6.61 Å². The normalized spacial score (nSPS) is 11.2. The van der Waals surface area contributed by atoms with Gasteiger partial charge in [-0.15, -0.1) is 0 Å². The molecule has 0 aliphatic rings. The van der Waals surface area contributed by atoms with Crippen molar-refractivity contribution in [3.63, 3.8) is 0 Å². The number of ether oxygens (including phenoxy) is 2. The fourth-order valence-corrected chi connectivity index (χ4v) is 1.94. The van der Waals surface area contributed by atoms with E-state index in [4.69, 9.17) is 9.47 Å². The molecule has 0 bridgehead atoms. The second-order valence-corrected chi connectivity index (χ2v) is 5.19. The minimum absolute atomic E-state index is 0.00304. The molecule has 2 rings (SSSR count). The van der Waals surface area contributed by atoms with E-state index in [9.17, 15) is 13.2 Å². The SMILES string of the molecule is FC(F)(F)SCCOc1ccc(Oc2ccccc2)cc1. The zero-order valence-electron chi connectivity index (χ0n) is 11.0. The van der Waals surface area contributed by atoms with Crippen molar-refractivity contribution in [2.45, 2.75) is 5.51 Å². The van der Waals surface area contributed by atoms with Crippen molar-refractivity contribution in [1.29, 1.82) is 0 Å². The van der Waals surface area contributed by atoms with Gasteiger partial charge < -0.3 is 9.47 Å². The second kappa shape index (κ2) is 7.26. The lowest BCUT2D eigenvalue weighted by atomic mass is 10.3. The van der Waals surface area contributed by atoms with E-state index < -0.39 is 5.51 Å². The first-order valence-electron chi connectivity index (χ1n) is 6.19. The second-order valence-electron chi connectivity index (χ2n) is 4.03. The molecule has 0 atom stereocenters. The lowest BCUT2D eigenvalue weighted by Crippen LogP contribution is -2.07. The Kier molecular flexibility index (Phi) is 5.38. The average molecular weight is 314 g/mol. The molecule has 0 aliphatic heterocycles. The average Bonchev–Trinajstić information content (AvgIpc) is 2.45. The van der Waals surface area contributed by atoms with Crippen molar-refractivity contribution in [2.75, 3.05) is 12.4 Å². The first kappa shape index (κ1) is 15.6. The van der Waals surface area contributed by atoms with Gasteiger partial charge in [0.2, 0.25) is 0 Å². The zero-order valence-corrected chi connectivity index (χ0v) is 11.8. The summed E-state index contributed by atoms with van der Waals surface area (Å²) in [5, 5.41) is 0. The summed E-state index contributed by atoms with van der Waals surface area (Å²) in [5.41, 5.74) is -4.21. The third-order valence-corrected chi connectivity index (χ3v) is 3.12. The van der Waals surface area contributed by atoms with Crippen LogP contribution in [-0.2, 0) is 0 Å². The highest BCUT2D eigenvalue weighted by Gasteiger charge is 2.27. The molecule has 0 N–H and O–H groups in total. The van der Waals surface area contributed by atoms with Crippen molar-refractivity contribution >= 4 is 11.8 Å². The fraction of sp³-hybridized carbons (Fsp3) is 0.200. The van der Waals surface area contributed by atoms with Crippen molar-refractivity contribution in [2.24, 2.45) is 0 Å². The van der Waals surface area contributed by atoms with Crippen LogP contribution in [0.3, 0.4) is 0 Å². The van der Waals surface area contributed by atoms with Crippen molar-refractivity contribution in [1.82, 2.24) is 0 Å². The minimum atomic E-state index is -4.21. The maximum absolute atomic E-state index is 11.9. The van der Waals surface area contributed by atoms with E-state index in [0.29, 0.717) is 17.2 Å². The van der Waals surface area contributed by atoms with Gasteiger partial charge in [-0.05, 0) is 48.2 Å². The number of alkyl halides is 3. The molecule has 0 amide bonds. The summed E-state index contributed by atoms with van der Waals surface area (Å²) in [6, 6.07) is 16.0. The Bertz CT molecular complexity index is 541. The quantitative estimate of drug-likeness (QED) is 0.690. The summed E-state index contributed by atoms with van der Waals surface area (Å²) >= 11 is -0.0919. The van der Waals surface area contributed by atoms with Crippen LogP contribution in [0.1, 0.15) is 0 Å². The van der Waals surface area contributed by atoms with Crippen molar-refractivity contribution < 1.29 is 22.6 Å². The Morgan fingerprint density at radius 2 is 1.38 bits per heavy atom. The van der Waals surface area contributed by atoms with Crippen LogP contribution < -0.4 is 9.47 Å². The highest BCUT2D eigenvalue weighted by molar-refractivity contribution is 8.00. The van der Waals surface area contributed by atoms with Crippen LogP contribution in [0.15, 0.2) is 54.6 Å². The molecule has 0 unspecified atom stereocenters. The molecule has 0 aliphatic carbocycles. The number of hydrogen-bond acceptors (Lipinski definition) is 3. The van der Waals surface area contributed by atoms with Gasteiger partial charge >= 0.3 is 5.51 Å². The van der Waals surface area contributed by atoms with Gasteiger partial charge in [-0.2, -0.15) is 13.2 Å². The van der Waals surface area contributed by atoms with Crippen LogP contribution in [-0.4, -0.2) is 17.9 Å². The predicted molar refractivity (Wildman–Crippen MR) is 77.0 cm³/mol. The van der Waals surface area contributed by atoms with Crippen LogP contribution in [0.5, 0.6) is 17.2 Å².